The van der Waals surface area contributed by atoms with Gasteiger partial charge in [-0.25, -0.2) is 9.18 Å². The molecule has 2 aromatic carbocycles. The van der Waals surface area contributed by atoms with Gasteiger partial charge in [0, 0.05) is 17.5 Å². The molecule has 0 fully saturated rings. The van der Waals surface area contributed by atoms with E-state index in [-0.39, 0.29) is 17.9 Å². The number of hydrogen-bond acceptors (Lipinski definition) is 4. The molecule has 1 unspecified atom stereocenters. The topological polar surface area (TPSA) is 59.6 Å². The Labute approximate surface area is 167 Å². The zero-order valence-electron chi connectivity index (χ0n) is 15.6. The Kier molecular flexibility index (Phi) is 6.49. The molecule has 0 saturated heterocycles. The van der Waals surface area contributed by atoms with E-state index < -0.39 is 0 Å². The van der Waals surface area contributed by atoms with Gasteiger partial charge in [-0.1, -0.05) is 18.2 Å². The second-order valence-electron chi connectivity index (χ2n) is 6.05. The van der Waals surface area contributed by atoms with Crippen LogP contribution in [-0.4, -0.2) is 20.3 Å². The van der Waals surface area contributed by atoms with E-state index >= 15 is 0 Å². The molecule has 1 heterocycles. The van der Waals surface area contributed by atoms with E-state index in [1.165, 1.54) is 23.5 Å². The second kappa shape index (κ2) is 9.23. The third kappa shape index (κ3) is 5.01. The smallest absolute Gasteiger partial charge is 0.315 e. The molecule has 7 heteroatoms. The van der Waals surface area contributed by atoms with E-state index in [4.69, 9.17) is 9.47 Å². The zero-order valence-corrected chi connectivity index (χ0v) is 16.4. The highest BCUT2D eigenvalue weighted by Gasteiger charge is 2.18. The van der Waals surface area contributed by atoms with Crippen molar-refractivity contribution in [3.63, 3.8) is 0 Å². The number of carbonyl (C=O) groups is 1. The number of rotatable bonds is 7. The maximum atomic E-state index is 13.3. The van der Waals surface area contributed by atoms with Crippen LogP contribution in [0.2, 0.25) is 0 Å². The van der Waals surface area contributed by atoms with Crippen molar-refractivity contribution < 1.29 is 18.7 Å². The maximum absolute atomic E-state index is 13.3. The SMILES string of the molecule is COc1cc(CNC(=O)NC(c2ccc(F)cc2)c2cccs2)cc(OC)c1. The van der Waals surface area contributed by atoms with Gasteiger partial charge in [-0.3, -0.25) is 0 Å². The van der Waals surface area contributed by atoms with Gasteiger partial charge in [0.25, 0.3) is 0 Å². The van der Waals surface area contributed by atoms with Crippen LogP contribution in [0.25, 0.3) is 0 Å². The average Bonchev–Trinajstić information content (AvgIpc) is 3.25. The van der Waals surface area contributed by atoms with Crippen molar-refractivity contribution in [2.24, 2.45) is 0 Å². The highest BCUT2D eigenvalue weighted by atomic mass is 32.1. The molecule has 28 heavy (non-hydrogen) atoms. The van der Waals surface area contributed by atoms with Crippen LogP contribution >= 0.6 is 11.3 Å². The average molecular weight is 400 g/mol. The molecular formula is C21H21FN2O3S. The Morgan fingerprint density at radius 2 is 1.75 bits per heavy atom. The Morgan fingerprint density at radius 1 is 1.07 bits per heavy atom. The molecule has 0 aliphatic carbocycles. The summed E-state index contributed by atoms with van der Waals surface area (Å²) in [6, 6.07) is 14.7. The van der Waals surface area contributed by atoms with Gasteiger partial charge in [0.15, 0.2) is 0 Å². The molecule has 2 amide bonds. The summed E-state index contributed by atoms with van der Waals surface area (Å²) >= 11 is 1.53. The van der Waals surface area contributed by atoms with Crippen LogP contribution in [-0.2, 0) is 6.54 Å². The van der Waals surface area contributed by atoms with Crippen LogP contribution in [0.5, 0.6) is 11.5 Å². The van der Waals surface area contributed by atoms with Gasteiger partial charge < -0.3 is 20.1 Å². The number of halogens is 1. The largest absolute Gasteiger partial charge is 0.497 e. The van der Waals surface area contributed by atoms with Gasteiger partial charge in [-0.15, -0.1) is 11.3 Å². The summed E-state index contributed by atoms with van der Waals surface area (Å²) in [5.41, 5.74) is 1.66. The van der Waals surface area contributed by atoms with Crippen molar-refractivity contribution in [2.75, 3.05) is 14.2 Å². The summed E-state index contributed by atoms with van der Waals surface area (Å²) < 4.78 is 23.8. The third-order valence-electron chi connectivity index (χ3n) is 4.17. The molecule has 0 aliphatic heterocycles. The lowest BCUT2D eigenvalue weighted by Gasteiger charge is -2.19. The van der Waals surface area contributed by atoms with Gasteiger partial charge in [-0.2, -0.15) is 0 Å². The number of ether oxygens (including phenoxy) is 2. The predicted octanol–water partition coefficient (Wildman–Crippen LogP) is 4.49. The second-order valence-corrected chi connectivity index (χ2v) is 7.03. The normalized spacial score (nSPS) is 11.5. The molecule has 146 valence electrons. The quantitative estimate of drug-likeness (QED) is 0.614. The monoisotopic (exact) mass is 400 g/mol. The highest BCUT2D eigenvalue weighted by molar-refractivity contribution is 7.10. The van der Waals surface area contributed by atoms with E-state index in [0.717, 1.165) is 16.0 Å². The number of urea groups is 1. The van der Waals surface area contributed by atoms with Crippen LogP contribution < -0.4 is 20.1 Å². The molecule has 0 saturated carbocycles. The molecule has 2 N–H and O–H groups in total. The van der Waals surface area contributed by atoms with Crippen LogP contribution in [0, 0.1) is 5.82 Å². The third-order valence-corrected chi connectivity index (χ3v) is 5.11. The van der Waals surface area contributed by atoms with E-state index in [2.05, 4.69) is 10.6 Å². The Balaban J connectivity index is 1.70. The van der Waals surface area contributed by atoms with Crippen molar-refractivity contribution in [1.29, 1.82) is 0 Å². The number of nitrogens with one attached hydrogen (secondary N) is 2. The molecule has 1 aromatic heterocycles. The van der Waals surface area contributed by atoms with E-state index in [0.29, 0.717) is 18.0 Å². The summed E-state index contributed by atoms with van der Waals surface area (Å²) in [4.78, 5) is 13.5. The molecule has 0 spiro atoms. The number of hydrogen-bond donors (Lipinski definition) is 2. The first-order valence-electron chi connectivity index (χ1n) is 8.64. The standard InChI is InChI=1S/C21H21FN2O3S/c1-26-17-10-14(11-18(12-17)27-2)13-23-21(25)24-20(19-4-3-9-28-19)15-5-7-16(22)8-6-15/h3-12,20H,13H2,1-2H3,(H2,23,24,25). The van der Waals surface area contributed by atoms with Gasteiger partial charge in [0.05, 0.1) is 20.3 Å². The number of methoxy groups -OCH3 is 2. The van der Waals surface area contributed by atoms with Crippen molar-refractivity contribution in [1.82, 2.24) is 10.6 Å². The number of amides is 2. The number of carbonyl (C=O) groups excluding carboxylic acids is 1. The molecule has 0 bridgehead atoms. The maximum Gasteiger partial charge on any atom is 0.315 e. The first-order valence-corrected chi connectivity index (χ1v) is 9.52. The number of thiophene rings is 1. The minimum Gasteiger partial charge on any atom is -0.497 e. The molecule has 0 radical (unpaired) electrons. The van der Waals surface area contributed by atoms with Gasteiger partial charge in [-0.05, 0) is 46.8 Å². The molecule has 5 nitrogen and oxygen atoms in total. The van der Waals surface area contributed by atoms with Gasteiger partial charge in [0.1, 0.15) is 17.3 Å². The Morgan fingerprint density at radius 3 is 2.32 bits per heavy atom. The van der Waals surface area contributed by atoms with E-state index in [1.54, 1.807) is 32.4 Å². The molecule has 3 aromatic rings. The number of benzene rings is 2. The van der Waals surface area contributed by atoms with Crippen LogP contribution in [0.3, 0.4) is 0 Å². The summed E-state index contributed by atoms with van der Waals surface area (Å²) in [6.45, 7) is 0.306. The fourth-order valence-corrected chi connectivity index (χ4v) is 3.56. The van der Waals surface area contributed by atoms with E-state index in [1.807, 2.05) is 29.6 Å². The summed E-state index contributed by atoms with van der Waals surface area (Å²) in [5.74, 6) is 0.990. The first kappa shape index (κ1) is 19.7. The molecular weight excluding hydrogens is 379 g/mol. The van der Waals surface area contributed by atoms with E-state index in [9.17, 15) is 9.18 Å². The summed E-state index contributed by atoms with van der Waals surface area (Å²) in [7, 11) is 3.15. The summed E-state index contributed by atoms with van der Waals surface area (Å²) in [6.07, 6.45) is 0. The minimum absolute atomic E-state index is 0.306. The van der Waals surface area contributed by atoms with Crippen molar-refractivity contribution in [2.45, 2.75) is 12.6 Å². The highest BCUT2D eigenvalue weighted by Crippen LogP contribution is 2.26. The lowest BCUT2D eigenvalue weighted by atomic mass is 10.1. The van der Waals surface area contributed by atoms with Crippen LogP contribution in [0.4, 0.5) is 9.18 Å². The molecule has 0 aliphatic rings. The first-order chi connectivity index (χ1) is 13.6. The van der Waals surface area contributed by atoms with Crippen LogP contribution in [0.15, 0.2) is 60.0 Å². The van der Waals surface area contributed by atoms with Gasteiger partial charge >= 0.3 is 6.03 Å². The minimum atomic E-state index is -0.361. The van der Waals surface area contributed by atoms with Crippen LogP contribution in [0.1, 0.15) is 22.0 Å². The molecule has 3 rings (SSSR count). The fourth-order valence-electron chi connectivity index (χ4n) is 2.76. The fraction of sp³-hybridized carbons (Fsp3) is 0.190. The van der Waals surface area contributed by atoms with Gasteiger partial charge in [0.2, 0.25) is 0 Å². The van der Waals surface area contributed by atoms with Crippen molar-refractivity contribution in [3.8, 4) is 11.5 Å². The van der Waals surface area contributed by atoms with Crippen molar-refractivity contribution >= 4 is 17.4 Å². The molecule has 1 atom stereocenters. The Hall–Kier alpha value is -3.06. The zero-order chi connectivity index (χ0) is 19.9. The predicted molar refractivity (Wildman–Crippen MR) is 107 cm³/mol. The van der Waals surface area contributed by atoms with Crippen molar-refractivity contribution in [3.05, 3.63) is 81.8 Å². The summed E-state index contributed by atoms with van der Waals surface area (Å²) in [5, 5.41) is 7.74. The lowest BCUT2D eigenvalue weighted by molar-refractivity contribution is 0.238. The Bertz CT molecular complexity index is 892. The lowest BCUT2D eigenvalue weighted by Crippen LogP contribution is -2.37.